The maximum absolute atomic E-state index is 5.99. The first-order valence-corrected chi connectivity index (χ1v) is 8.90. The SMILES string of the molecule is C1=CCCC(Cc2cnn(C3CC(OCc4ccccc4)C3)c2)=C1. The zero-order valence-electron chi connectivity index (χ0n) is 14.0. The Morgan fingerprint density at radius 1 is 1.12 bits per heavy atom. The molecular weight excluding hydrogens is 296 g/mol. The van der Waals surface area contributed by atoms with Crippen LogP contribution in [0.4, 0.5) is 0 Å². The van der Waals surface area contributed by atoms with Crippen molar-refractivity contribution < 1.29 is 4.74 Å². The zero-order chi connectivity index (χ0) is 16.2. The van der Waals surface area contributed by atoms with E-state index in [-0.39, 0.29) is 0 Å². The predicted octanol–water partition coefficient (Wildman–Crippen LogP) is 4.62. The van der Waals surface area contributed by atoms with E-state index in [1.165, 1.54) is 29.5 Å². The van der Waals surface area contributed by atoms with Crippen molar-refractivity contribution in [3.05, 3.63) is 77.7 Å². The molecule has 1 aromatic carbocycles. The van der Waals surface area contributed by atoms with Gasteiger partial charge in [0, 0.05) is 6.20 Å². The highest BCUT2D eigenvalue weighted by molar-refractivity contribution is 5.24. The fraction of sp³-hybridized carbons (Fsp3) is 0.381. The van der Waals surface area contributed by atoms with Crippen molar-refractivity contribution in [2.45, 2.75) is 50.9 Å². The average Bonchev–Trinajstić information content (AvgIpc) is 3.03. The van der Waals surface area contributed by atoms with Crippen LogP contribution in [0.25, 0.3) is 0 Å². The lowest BCUT2D eigenvalue weighted by atomic mass is 9.89. The Balaban J connectivity index is 1.25. The van der Waals surface area contributed by atoms with Crippen LogP contribution in [0.3, 0.4) is 0 Å². The number of allylic oxidation sites excluding steroid dienone is 4. The minimum Gasteiger partial charge on any atom is -0.373 e. The molecular formula is C21H24N2O. The summed E-state index contributed by atoms with van der Waals surface area (Å²) in [7, 11) is 0. The van der Waals surface area contributed by atoms with Crippen molar-refractivity contribution in [3.63, 3.8) is 0 Å². The van der Waals surface area contributed by atoms with Crippen LogP contribution in [0.5, 0.6) is 0 Å². The fourth-order valence-electron chi connectivity index (χ4n) is 3.41. The molecule has 0 unspecified atom stereocenters. The molecule has 0 radical (unpaired) electrons. The standard InChI is InChI=1S/C21H24N2O/c1-3-7-17(8-4-1)11-19-14-22-23(15-19)20-12-21(13-20)24-16-18-9-5-2-6-10-18/h1-3,5-7,9-10,14-15,20-21H,4,8,11-13,16H2. The molecule has 0 spiro atoms. The largest absolute Gasteiger partial charge is 0.373 e. The molecule has 1 fully saturated rings. The lowest BCUT2D eigenvalue weighted by Gasteiger charge is -2.35. The van der Waals surface area contributed by atoms with Gasteiger partial charge in [0.25, 0.3) is 0 Å². The van der Waals surface area contributed by atoms with Crippen LogP contribution in [0, 0.1) is 0 Å². The topological polar surface area (TPSA) is 27.1 Å². The summed E-state index contributed by atoms with van der Waals surface area (Å²) in [4.78, 5) is 0. The van der Waals surface area contributed by atoms with Gasteiger partial charge in [0.05, 0.1) is 24.9 Å². The van der Waals surface area contributed by atoms with E-state index < -0.39 is 0 Å². The van der Waals surface area contributed by atoms with Gasteiger partial charge in [-0.25, -0.2) is 0 Å². The second kappa shape index (κ2) is 7.18. The first kappa shape index (κ1) is 15.4. The highest BCUT2D eigenvalue weighted by Gasteiger charge is 2.31. The molecule has 124 valence electrons. The van der Waals surface area contributed by atoms with Gasteiger partial charge in [0.1, 0.15) is 0 Å². The summed E-state index contributed by atoms with van der Waals surface area (Å²) in [6.45, 7) is 0.713. The summed E-state index contributed by atoms with van der Waals surface area (Å²) in [5.41, 5.74) is 4.08. The second-order valence-electron chi connectivity index (χ2n) is 6.84. The Bertz CT molecular complexity index is 723. The van der Waals surface area contributed by atoms with Gasteiger partial charge < -0.3 is 4.74 Å². The molecule has 0 bridgehead atoms. The molecule has 3 heteroatoms. The molecule has 2 aliphatic rings. The van der Waals surface area contributed by atoms with Crippen LogP contribution < -0.4 is 0 Å². The summed E-state index contributed by atoms with van der Waals surface area (Å²) < 4.78 is 8.12. The molecule has 1 saturated carbocycles. The van der Waals surface area contributed by atoms with E-state index in [2.05, 4.69) is 58.5 Å². The van der Waals surface area contributed by atoms with Crippen LogP contribution in [0.15, 0.2) is 66.5 Å². The molecule has 0 amide bonds. The van der Waals surface area contributed by atoms with Gasteiger partial charge in [0.2, 0.25) is 0 Å². The van der Waals surface area contributed by atoms with Gasteiger partial charge in [0.15, 0.2) is 0 Å². The van der Waals surface area contributed by atoms with Gasteiger partial charge in [-0.1, -0.05) is 54.1 Å². The summed E-state index contributed by atoms with van der Waals surface area (Å²) in [6, 6.07) is 10.9. The number of hydrogen-bond acceptors (Lipinski definition) is 2. The molecule has 24 heavy (non-hydrogen) atoms. The molecule has 0 N–H and O–H groups in total. The molecule has 0 atom stereocenters. The van der Waals surface area contributed by atoms with Gasteiger partial charge in [-0.2, -0.15) is 5.10 Å². The number of nitrogens with zero attached hydrogens (tertiary/aromatic N) is 2. The Hall–Kier alpha value is -2.13. The Kier molecular flexibility index (Phi) is 4.61. The van der Waals surface area contributed by atoms with E-state index in [0.29, 0.717) is 18.8 Å². The van der Waals surface area contributed by atoms with Crippen molar-refractivity contribution in [2.75, 3.05) is 0 Å². The number of aromatic nitrogens is 2. The minimum absolute atomic E-state index is 0.369. The van der Waals surface area contributed by atoms with Crippen molar-refractivity contribution in [1.29, 1.82) is 0 Å². The van der Waals surface area contributed by atoms with Crippen LogP contribution in [0.2, 0.25) is 0 Å². The van der Waals surface area contributed by atoms with Crippen molar-refractivity contribution in [1.82, 2.24) is 9.78 Å². The Labute approximate surface area is 143 Å². The normalized spacial score (nSPS) is 22.9. The summed E-state index contributed by atoms with van der Waals surface area (Å²) in [5, 5.41) is 4.57. The van der Waals surface area contributed by atoms with Crippen LogP contribution in [-0.4, -0.2) is 15.9 Å². The van der Waals surface area contributed by atoms with E-state index in [1.54, 1.807) is 0 Å². The molecule has 0 saturated heterocycles. The van der Waals surface area contributed by atoms with E-state index in [4.69, 9.17) is 4.74 Å². The van der Waals surface area contributed by atoms with Gasteiger partial charge in [-0.05, 0) is 43.2 Å². The minimum atomic E-state index is 0.369. The molecule has 1 heterocycles. The Morgan fingerprint density at radius 3 is 2.79 bits per heavy atom. The average molecular weight is 320 g/mol. The quantitative estimate of drug-likeness (QED) is 0.776. The molecule has 1 aromatic heterocycles. The first-order chi connectivity index (χ1) is 11.9. The van der Waals surface area contributed by atoms with Crippen LogP contribution in [-0.2, 0) is 17.8 Å². The maximum atomic E-state index is 5.99. The van der Waals surface area contributed by atoms with E-state index in [9.17, 15) is 0 Å². The fourth-order valence-corrected chi connectivity index (χ4v) is 3.41. The highest BCUT2D eigenvalue weighted by atomic mass is 16.5. The molecule has 0 aliphatic heterocycles. The smallest absolute Gasteiger partial charge is 0.0720 e. The number of ether oxygens (including phenoxy) is 1. The van der Waals surface area contributed by atoms with Gasteiger partial charge in [-0.3, -0.25) is 4.68 Å². The van der Waals surface area contributed by atoms with Gasteiger partial charge in [-0.15, -0.1) is 0 Å². The maximum Gasteiger partial charge on any atom is 0.0720 e. The zero-order valence-corrected chi connectivity index (χ0v) is 14.0. The van der Waals surface area contributed by atoms with Crippen molar-refractivity contribution in [3.8, 4) is 0 Å². The van der Waals surface area contributed by atoms with E-state index in [1.807, 2.05) is 12.3 Å². The first-order valence-electron chi connectivity index (χ1n) is 8.90. The summed E-state index contributed by atoms with van der Waals surface area (Å²) in [6.07, 6.45) is 16.8. The third-order valence-electron chi connectivity index (χ3n) is 4.96. The lowest BCUT2D eigenvalue weighted by molar-refractivity contribution is -0.0383. The summed E-state index contributed by atoms with van der Waals surface area (Å²) in [5.74, 6) is 0. The van der Waals surface area contributed by atoms with Crippen molar-refractivity contribution in [2.24, 2.45) is 0 Å². The molecule has 2 aromatic rings. The number of hydrogen-bond donors (Lipinski definition) is 0. The van der Waals surface area contributed by atoms with E-state index >= 15 is 0 Å². The monoisotopic (exact) mass is 320 g/mol. The molecule has 3 nitrogen and oxygen atoms in total. The van der Waals surface area contributed by atoms with Crippen LogP contribution >= 0.6 is 0 Å². The van der Waals surface area contributed by atoms with Crippen molar-refractivity contribution >= 4 is 0 Å². The van der Waals surface area contributed by atoms with Gasteiger partial charge >= 0.3 is 0 Å². The third kappa shape index (κ3) is 3.68. The van der Waals surface area contributed by atoms with E-state index in [0.717, 1.165) is 19.3 Å². The Morgan fingerprint density at radius 2 is 2.00 bits per heavy atom. The molecule has 4 rings (SSSR count). The molecule has 2 aliphatic carbocycles. The predicted molar refractivity (Wildman–Crippen MR) is 95.7 cm³/mol. The van der Waals surface area contributed by atoms with Crippen LogP contribution in [0.1, 0.15) is 42.9 Å². The second-order valence-corrected chi connectivity index (χ2v) is 6.84. The highest BCUT2D eigenvalue weighted by Crippen LogP contribution is 2.34. The summed E-state index contributed by atoms with van der Waals surface area (Å²) >= 11 is 0. The number of rotatable bonds is 6. The third-order valence-corrected chi connectivity index (χ3v) is 4.96. The number of benzene rings is 1. The lowest BCUT2D eigenvalue weighted by Crippen LogP contribution is -2.33.